The summed E-state index contributed by atoms with van der Waals surface area (Å²) < 4.78 is 41.8. The predicted octanol–water partition coefficient (Wildman–Crippen LogP) is 0.239. The third kappa shape index (κ3) is 5.96. The minimum atomic E-state index is -3.52. The summed E-state index contributed by atoms with van der Waals surface area (Å²) in [5, 5.41) is 2.71. The van der Waals surface area contributed by atoms with E-state index in [-0.39, 0.29) is 17.4 Å². The van der Waals surface area contributed by atoms with E-state index in [0.717, 1.165) is 6.42 Å². The second-order valence-corrected chi connectivity index (χ2v) is 7.41. The summed E-state index contributed by atoms with van der Waals surface area (Å²) in [5.74, 6) is 0.203. The molecule has 1 saturated heterocycles. The molecule has 1 N–H and O–H groups in total. The number of rotatable bonds is 9. The molecule has 2 rings (SSSR count). The number of nitrogens with zero attached hydrogens (tertiary/aromatic N) is 1. The molecule has 9 heteroatoms. The minimum absolute atomic E-state index is 0.122. The number of amides is 1. The number of hydrogen-bond acceptors (Lipinski definition) is 6. The number of morpholine rings is 1. The molecule has 0 spiro atoms. The highest BCUT2D eigenvalue weighted by Gasteiger charge is 2.26. The van der Waals surface area contributed by atoms with Gasteiger partial charge in [-0.2, -0.15) is 4.31 Å². The normalized spacial score (nSPS) is 15.7. The minimum Gasteiger partial charge on any atom is -0.484 e. The molecule has 0 saturated carbocycles. The first-order valence-corrected chi connectivity index (χ1v) is 9.54. The van der Waals surface area contributed by atoms with Crippen LogP contribution in [0.25, 0.3) is 0 Å². The summed E-state index contributed by atoms with van der Waals surface area (Å²) in [7, 11) is -1.92. The Hall–Kier alpha value is -1.68. The van der Waals surface area contributed by atoms with Crippen LogP contribution in [0.1, 0.15) is 6.42 Å². The van der Waals surface area contributed by atoms with E-state index >= 15 is 0 Å². The van der Waals surface area contributed by atoms with Crippen LogP contribution in [-0.4, -0.2) is 71.8 Å². The fraction of sp³-hybridized carbons (Fsp3) is 0.562. The van der Waals surface area contributed by atoms with Gasteiger partial charge in [0.2, 0.25) is 10.0 Å². The summed E-state index contributed by atoms with van der Waals surface area (Å²) in [4.78, 5) is 11.8. The Morgan fingerprint density at radius 3 is 2.56 bits per heavy atom. The topological polar surface area (TPSA) is 94.2 Å². The summed E-state index contributed by atoms with van der Waals surface area (Å²) in [6, 6.07) is 6.06. The van der Waals surface area contributed by atoms with Crippen LogP contribution in [-0.2, 0) is 24.3 Å². The van der Waals surface area contributed by atoms with Crippen LogP contribution in [0.15, 0.2) is 29.2 Å². The van der Waals surface area contributed by atoms with E-state index in [2.05, 4.69) is 5.32 Å². The van der Waals surface area contributed by atoms with Crippen molar-refractivity contribution in [3.8, 4) is 5.75 Å². The Labute approximate surface area is 148 Å². The van der Waals surface area contributed by atoms with E-state index in [1.807, 2.05) is 0 Å². The summed E-state index contributed by atoms with van der Waals surface area (Å²) >= 11 is 0. The SMILES string of the molecule is COCCCNC(=O)COc1ccc(S(=O)(=O)N2CCOCC2)cc1. The molecule has 1 aromatic carbocycles. The van der Waals surface area contributed by atoms with Gasteiger partial charge < -0.3 is 19.5 Å². The van der Waals surface area contributed by atoms with Gasteiger partial charge in [0, 0.05) is 33.4 Å². The Bertz CT molecular complexity index is 641. The molecule has 0 aromatic heterocycles. The molecule has 25 heavy (non-hydrogen) atoms. The van der Waals surface area contributed by atoms with Gasteiger partial charge in [-0.3, -0.25) is 4.79 Å². The van der Waals surface area contributed by atoms with Crippen molar-refractivity contribution in [3.63, 3.8) is 0 Å². The van der Waals surface area contributed by atoms with E-state index < -0.39 is 10.0 Å². The molecule has 0 bridgehead atoms. The quantitative estimate of drug-likeness (QED) is 0.624. The number of nitrogens with one attached hydrogen (secondary N) is 1. The predicted molar refractivity (Wildman–Crippen MR) is 91.0 cm³/mol. The number of methoxy groups -OCH3 is 1. The van der Waals surface area contributed by atoms with Crippen molar-refractivity contribution < 1.29 is 27.4 Å². The largest absolute Gasteiger partial charge is 0.484 e. The maximum absolute atomic E-state index is 12.5. The van der Waals surface area contributed by atoms with Crippen molar-refractivity contribution >= 4 is 15.9 Å². The Morgan fingerprint density at radius 2 is 1.92 bits per heavy atom. The maximum Gasteiger partial charge on any atom is 0.257 e. The first kappa shape index (κ1) is 19.6. The van der Waals surface area contributed by atoms with E-state index in [4.69, 9.17) is 14.2 Å². The number of sulfonamides is 1. The second-order valence-electron chi connectivity index (χ2n) is 5.47. The van der Waals surface area contributed by atoms with Gasteiger partial charge in [0.15, 0.2) is 6.61 Å². The van der Waals surface area contributed by atoms with Crippen molar-refractivity contribution in [1.29, 1.82) is 0 Å². The van der Waals surface area contributed by atoms with Crippen LogP contribution in [0.4, 0.5) is 0 Å². The summed E-state index contributed by atoms with van der Waals surface area (Å²) in [5.41, 5.74) is 0. The summed E-state index contributed by atoms with van der Waals surface area (Å²) in [6.45, 7) is 2.49. The van der Waals surface area contributed by atoms with Crippen LogP contribution in [0.3, 0.4) is 0 Å². The molecule has 1 aliphatic heterocycles. The smallest absolute Gasteiger partial charge is 0.257 e. The molecular formula is C16H24N2O6S. The number of carbonyl (C=O) groups excluding carboxylic acids is 1. The lowest BCUT2D eigenvalue weighted by Gasteiger charge is -2.26. The van der Waals surface area contributed by atoms with Crippen molar-refractivity contribution in [3.05, 3.63) is 24.3 Å². The lowest BCUT2D eigenvalue weighted by Crippen LogP contribution is -2.40. The average molecular weight is 372 g/mol. The van der Waals surface area contributed by atoms with Crippen molar-refractivity contribution in [2.45, 2.75) is 11.3 Å². The van der Waals surface area contributed by atoms with E-state index in [1.54, 1.807) is 19.2 Å². The van der Waals surface area contributed by atoms with Gasteiger partial charge in [0.1, 0.15) is 5.75 Å². The van der Waals surface area contributed by atoms with Gasteiger partial charge in [-0.25, -0.2) is 8.42 Å². The zero-order valence-electron chi connectivity index (χ0n) is 14.3. The van der Waals surface area contributed by atoms with Crippen LogP contribution in [0.5, 0.6) is 5.75 Å². The van der Waals surface area contributed by atoms with Gasteiger partial charge in [0.05, 0.1) is 18.1 Å². The van der Waals surface area contributed by atoms with Crippen molar-refractivity contribution in [2.24, 2.45) is 0 Å². The van der Waals surface area contributed by atoms with Gasteiger partial charge >= 0.3 is 0 Å². The van der Waals surface area contributed by atoms with E-state index in [1.165, 1.54) is 16.4 Å². The molecule has 0 radical (unpaired) electrons. The molecular weight excluding hydrogens is 348 g/mol. The maximum atomic E-state index is 12.5. The van der Waals surface area contributed by atoms with E-state index in [0.29, 0.717) is 45.2 Å². The first-order chi connectivity index (χ1) is 12.0. The number of carbonyl (C=O) groups is 1. The first-order valence-electron chi connectivity index (χ1n) is 8.10. The third-order valence-corrected chi connectivity index (χ3v) is 5.56. The molecule has 1 aliphatic rings. The molecule has 0 atom stereocenters. The standard InChI is InChI=1S/C16H24N2O6S/c1-22-10-2-7-17-16(19)13-24-14-3-5-15(6-4-14)25(20,21)18-8-11-23-12-9-18/h3-6H,2,7-13H2,1H3,(H,17,19). The highest BCUT2D eigenvalue weighted by molar-refractivity contribution is 7.89. The molecule has 1 aromatic rings. The molecule has 1 amide bonds. The molecule has 140 valence electrons. The number of hydrogen-bond donors (Lipinski definition) is 1. The monoisotopic (exact) mass is 372 g/mol. The summed E-state index contributed by atoms with van der Waals surface area (Å²) in [6.07, 6.45) is 0.732. The van der Waals surface area contributed by atoms with Crippen molar-refractivity contribution in [1.82, 2.24) is 9.62 Å². The Balaban J connectivity index is 1.84. The number of ether oxygens (including phenoxy) is 3. The zero-order chi connectivity index (χ0) is 18.1. The zero-order valence-corrected chi connectivity index (χ0v) is 15.1. The van der Waals surface area contributed by atoms with E-state index in [9.17, 15) is 13.2 Å². The van der Waals surface area contributed by atoms with Gasteiger partial charge in [-0.05, 0) is 30.7 Å². The molecule has 0 aliphatic carbocycles. The van der Waals surface area contributed by atoms with Crippen LogP contribution in [0, 0.1) is 0 Å². The Kier molecular flexibility index (Phi) is 7.63. The lowest BCUT2D eigenvalue weighted by atomic mass is 10.3. The lowest BCUT2D eigenvalue weighted by molar-refractivity contribution is -0.123. The van der Waals surface area contributed by atoms with Crippen LogP contribution >= 0.6 is 0 Å². The molecule has 1 heterocycles. The van der Waals surface area contributed by atoms with Crippen LogP contribution < -0.4 is 10.1 Å². The molecule has 1 fully saturated rings. The fourth-order valence-corrected chi connectivity index (χ4v) is 3.70. The second kappa shape index (κ2) is 9.71. The van der Waals surface area contributed by atoms with Gasteiger partial charge in [0.25, 0.3) is 5.91 Å². The highest BCUT2D eigenvalue weighted by Crippen LogP contribution is 2.20. The van der Waals surface area contributed by atoms with Gasteiger partial charge in [-0.1, -0.05) is 0 Å². The van der Waals surface area contributed by atoms with Gasteiger partial charge in [-0.15, -0.1) is 0 Å². The van der Waals surface area contributed by atoms with Crippen molar-refractivity contribution in [2.75, 3.05) is 53.2 Å². The Morgan fingerprint density at radius 1 is 1.24 bits per heavy atom. The number of benzene rings is 1. The molecule has 8 nitrogen and oxygen atoms in total. The van der Waals surface area contributed by atoms with Crippen LogP contribution in [0.2, 0.25) is 0 Å². The molecule has 0 unspecified atom stereocenters. The average Bonchev–Trinajstić information content (AvgIpc) is 2.64. The fourth-order valence-electron chi connectivity index (χ4n) is 2.29. The third-order valence-electron chi connectivity index (χ3n) is 3.65. The highest BCUT2D eigenvalue weighted by atomic mass is 32.2.